The second-order valence-corrected chi connectivity index (χ2v) is 10.6. The first kappa shape index (κ1) is 25.1. The third-order valence-corrected chi connectivity index (χ3v) is 7.56. The summed E-state index contributed by atoms with van der Waals surface area (Å²) in [5.74, 6) is -2.58. The standard InChI is InChI=1S/C24H16Cl5FN2O2/c1-11-8-13(30)3-7-19(11)32-22(33)15-10-14(4-6-16(15)25)31-23(34)21-20(24(21,28)29)12-2-5-17(26)18(27)9-12/h2-10,20-21H,1H3,(H,31,34)(H,32,33). The van der Waals surface area contributed by atoms with Gasteiger partial charge in [0.15, 0.2) is 0 Å². The summed E-state index contributed by atoms with van der Waals surface area (Å²) >= 11 is 31.1. The maximum Gasteiger partial charge on any atom is 0.257 e. The van der Waals surface area contributed by atoms with Gasteiger partial charge in [0.1, 0.15) is 10.2 Å². The van der Waals surface area contributed by atoms with Gasteiger partial charge < -0.3 is 10.6 Å². The van der Waals surface area contributed by atoms with Crippen molar-refractivity contribution in [2.75, 3.05) is 10.6 Å². The number of halogens is 6. The Morgan fingerprint density at radius 1 is 0.882 bits per heavy atom. The van der Waals surface area contributed by atoms with Crippen molar-refractivity contribution in [1.29, 1.82) is 0 Å². The average molecular weight is 561 g/mol. The lowest BCUT2D eigenvalue weighted by molar-refractivity contribution is -0.117. The topological polar surface area (TPSA) is 58.2 Å². The number of aryl methyl sites for hydroxylation is 1. The van der Waals surface area contributed by atoms with E-state index in [-0.39, 0.29) is 10.6 Å². The molecule has 34 heavy (non-hydrogen) atoms. The number of hydrogen-bond acceptors (Lipinski definition) is 2. The highest BCUT2D eigenvalue weighted by molar-refractivity contribution is 6.53. The molecule has 0 bridgehead atoms. The van der Waals surface area contributed by atoms with E-state index in [1.165, 1.54) is 30.3 Å². The Labute approximate surface area is 220 Å². The summed E-state index contributed by atoms with van der Waals surface area (Å²) in [6, 6.07) is 13.4. The molecule has 0 aromatic heterocycles. The first-order valence-corrected chi connectivity index (χ1v) is 11.9. The molecule has 1 fully saturated rings. The summed E-state index contributed by atoms with van der Waals surface area (Å²) in [4.78, 5) is 25.7. The Balaban J connectivity index is 1.51. The maximum absolute atomic E-state index is 13.3. The van der Waals surface area contributed by atoms with E-state index in [1.54, 1.807) is 31.2 Å². The maximum atomic E-state index is 13.3. The molecule has 4 nitrogen and oxygen atoms in total. The van der Waals surface area contributed by atoms with Crippen molar-refractivity contribution in [3.05, 3.63) is 92.2 Å². The Morgan fingerprint density at radius 2 is 1.59 bits per heavy atom. The molecule has 0 radical (unpaired) electrons. The minimum atomic E-state index is -1.33. The van der Waals surface area contributed by atoms with Gasteiger partial charge in [-0.3, -0.25) is 9.59 Å². The van der Waals surface area contributed by atoms with Crippen molar-refractivity contribution < 1.29 is 14.0 Å². The van der Waals surface area contributed by atoms with Crippen LogP contribution in [0.15, 0.2) is 54.6 Å². The summed E-state index contributed by atoms with van der Waals surface area (Å²) in [7, 11) is 0. The number of alkyl halides is 2. The highest BCUT2D eigenvalue weighted by Gasteiger charge is 2.67. The van der Waals surface area contributed by atoms with Crippen LogP contribution in [0.2, 0.25) is 15.1 Å². The van der Waals surface area contributed by atoms with E-state index in [4.69, 9.17) is 58.0 Å². The van der Waals surface area contributed by atoms with Crippen LogP contribution in [0.1, 0.15) is 27.4 Å². The second kappa shape index (κ2) is 9.56. The molecule has 2 amide bonds. The van der Waals surface area contributed by atoms with E-state index in [9.17, 15) is 14.0 Å². The summed E-state index contributed by atoms with van der Waals surface area (Å²) in [5.41, 5.74) is 2.14. The van der Waals surface area contributed by atoms with Gasteiger partial charge in [-0.15, -0.1) is 23.2 Å². The fourth-order valence-electron chi connectivity index (χ4n) is 3.73. The molecule has 0 heterocycles. The van der Waals surface area contributed by atoms with Crippen LogP contribution in [0.3, 0.4) is 0 Å². The Bertz CT molecular complexity index is 1310. The van der Waals surface area contributed by atoms with Crippen LogP contribution in [0.4, 0.5) is 15.8 Å². The van der Waals surface area contributed by atoms with Crippen molar-refractivity contribution >= 4 is 81.2 Å². The number of anilines is 2. The van der Waals surface area contributed by atoms with Crippen LogP contribution in [0.5, 0.6) is 0 Å². The van der Waals surface area contributed by atoms with Crippen molar-refractivity contribution in [2.24, 2.45) is 5.92 Å². The molecule has 1 saturated carbocycles. The Hall–Kier alpha value is -2.02. The normalized spacial score (nSPS) is 18.3. The molecule has 10 heteroatoms. The molecule has 176 valence electrons. The molecule has 4 rings (SSSR count). The first-order chi connectivity index (χ1) is 16.0. The molecule has 3 aromatic carbocycles. The minimum absolute atomic E-state index is 0.128. The van der Waals surface area contributed by atoms with Gasteiger partial charge in [0.2, 0.25) is 5.91 Å². The highest BCUT2D eigenvalue weighted by atomic mass is 35.5. The first-order valence-electron chi connectivity index (χ1n) is 9.99. The number of amides is 2. The van der Waals surface area contributed by atoms with Crippen LogP contribution >= 0.6 is 58.0 Å². The number of rotatable bonds is 5. The number of benzene rings is 3. The van der Waals surface area contributed by atoms with Gasteiger partial charge in [0.25, 0.3) is 5.91 Å². The molecule has 3 aromatic rings. The van der Waals surface area contributed by atoms with Gasteiger partial charge in [-0.2, -0.15) is 0 Å². The van der Waals surface area contributed by atoms with E-state index >= 15 is 0 Å². The molecule has 1 aliphatic rings. The van der Waals surface area contributed by atoms with Crippen LogP contribution < -0.4 is 10.6 Å². The predicted octanol–water partition coefficient (Wildman–Crippen LogP) is 7.87. The summed E-state index contributed by atoms with van der Waals surface area (Å²) in [6.07, 6.45) is 0. The Kier molecular flexibility index (Phi) is 7.05. The molecular weight excluding hydrogens is 545 g/mol. The van der Waals surface area contributed by atoms with Crippen molar-refractivity contribution in [3.63, 3.8) is 0 Å². The van der Waals surface area contributed by atoms with Gasteiger partial charge >= 0.3 is 0 Å². The van der Waals surface area contributed by atoms with Crippen molar-refractivity contribution in [1.82, 2.24) is 0 Å². The average Bonchev–Trinajstić information content (AvgIpc) is 3.35. The lowest BCUT2D eigenvalue weighted by Crippen LogP contribution is -2.18. The molecule has 0 saturated heterocycles. The Morgan fingerprint density at radius 3 is 2.26 bits per heavy atom. The molecular formula is C24H16Cl5FN2O2. The molecule has 2 atom stereocenters. The lowest BCUT2D eigenvalue weighted by Gasteiger charge is -2.12. The monoisotopic (exact) mass is 558 g/mol. The van der Waals surface area contributed by atoms with E-state index < -0.39 is 33.8 Å². The fraction of sp³-hybridized carbons (Fsp3) is 0.167. The minimum Gasteiger partial charge on any atom is -0.326 e. The van der Waals surface area contributed by atoms with Gasteiger partial charge in [-0.05, 0) is 66.6 Å². The molecule has 2 N–H and O–H groups in total. The lowest BCUT2D eigenvalue weighted by atomic mass is 10.1. The highest BCUT2D eigenvalue weighted by Crippen LogP contribution is 2.65. The zero-order valence-corrected chi connectivity index (χ0v) is 21.2. The number of carbonyl (C=O) groups excluding carboxylic acids is 2. The van der Waals surface area contributed by atoms with Crippen LogP contribution in [0, 0.1) is 18.7 Å². The SMILES string of the molecule is Cc1cc(F)ccc1NC(=O)c1cc(NC(=O)C2C(c3ccc(Cl)c(Cl)c3)C2(Cl)Cl)ccc1Cl. The summed E-state index contributed by atoms with van der Waals surface area (Å²) < 4.78 is 12.0. The van der Waals surface area contributed by atoms with E-state index in [1.807, 2.05) is 0 Å². The van der Waals surface area contributed by atoms with Crippen LogP contribution in [-0.4, -0.2) is 16.1 Å². The molecule has 2 unspecified atom stereocenters. The zero-order chi connectivity index (χ0) is 24.8. The second-order valence-electron chi connectivity index (χ2n) is 7.90. The molecule has 0 spiro atoms. The predicted molar refractivity (Wildman–Crippen MR) is 136 cm³/mol. The summed E-state index contributed by atoms with van der Waals surface area (Å²) in [6.45, 7) is 1.67. The fourth-order valence-corrected chi connectivity index (χ4v) is 5.07. The quantitative estimate of drug-likeness (QED) is 0.312. The number of hydrogen-bond donors (Lipinski definition) is 2. The van der Waals surface area contributed by atoms with Gasteiger partial charge in [-0.25, -0.2) is 4.39 Å². The smallest absolute Gasteiger partial charge is 0.257 e. The van der Waals surface area contributed by atoms with E-state index in [0.717, 1.165) is 0 Å². The number of carbonyl (C=O) groups is 2. The van der Waals surface area contributed by atoms with Gasteiger partial charge in [0.05, 0.1) is 26.5 Å². The van der Waals surface area contributed by atoms with Crippen LogP contribution in [-0.2, 0) is 4.79 Å². The third-order valence-electron chi connectivity index (χ3n) is 5.55. The van der Waals surface area contributed by atoms with Crippen LogP contribution in [0.25, 0.3) is 0 Å². The zero-order valence-electron chi connectivity index (χ0n) is 17.4. The van der Waals surface area contributed by atoms with E-state index in [2.05, 4.69) is 10.6 Å². The molecule has 0 aliphatic heterocycles. The van der Waals surface area contributed by atoms with Crippen molar-refractivity contribution in [2.45, 2.75) is 17.2 Å². The number of nitrogens with one attached hydrogen (secondary N) is 2. The largest absolute Gasteiger partial charge is 0.326 e. The summed E-state index contributed by atoms with van der Waals surface area (Å²) in [5, 5.41) is 6.32. The van der Waals surface area contributed by atoms with Gasteiger partial charge in [0, 0.05) is 17.3 Å². The van der Waals surface area contributed by atoms with Crippen molar-refractivity contribution in [3.8, 4) is 0 Å². The third kappa shape index (κ3) is 5.00. The van der Waals surface area contributed by atoms with Gasteiger partial charge in [-0.1, -0.05) is 40.9 Å². The molecule has 1 aliphatic carbocycles. The van der Waals surface area contributed by atoms with E-state index in [0.29, 0.717) is 32.5 Å².